The molecule has 382 valence electrons. The second kappa shape index (κ2) is 19.1. The van der Waals surface area contributed by atoms with Gasteiger partial charge in [-0.3, -0.25) is 0 Å². The summed E-state index contributed by atoms with van der Waals surface area (Å²) >= 11 is 0. The SMILES string of the molecule is CN(c1[c-]c(N2[CH-]N(c3cc(C(C)(C)C)cc(C(C)(C)C)c3)c3ccccc32)ccc1)c1[c-]c2c(cc1)c1cc(-c3ccccc3)ccc1n2-c1cc(C(C)(C)c2cc(C(C)(C)C)cc(C(C)(C)C)c2)ccn1.[Pt]. The van der Waals surface area contributed by atoms with Gasteiger partial charge in [0.1, 0.15) is 5.82 Å². The van der Waals surface area contributed by atoms with Gasteiger partial charge in [-0.15, -0.1) is 48.1 Å². The Bertz CT molecular complexity index is 3470. The van der Waals surface area contributed by atoms with Crippen LogP contribution in [0, 0.1) is 18.8 Å². The molecule has 0 saturated heterocycles. The average Bonchev–Trinajstić information content (AvgIpc) is 3.91. The summed E-state index contributed by atoms with van der Waals surface area (Å²) in [6.45, 7) is 34.6. The van der Waals surface area contributed by atoms with Crippen molar-refractivity contribution in [1.82, 2.24) is 9.55 Å². The molecule has 0 unspecified atom stereocenters. The summed E-state index contributed by atoms with van der Waals surface area (Å²) in [7, 11) is 2.12. The quantitative estimate of drug-likeness (QED) is 0.142. The zero-order valence-electron chi connectivity index (χ0n) is 46.1. The Kier molecular flexibility index (Phi) is 13.5. The number of hydrogen-bond donors (Lipinski definition) is 0. The third kappa shape index (κ3) is 9.86. The first-order valence-corrected chi connectivity index (χ1v) is 26.0. The zero-order valence-corrected chi connectivity index (χ0v) is 48.4. The minimum Gasteiger partial charge on any atom is -0.493 e. The summed E-state index contributed by atoms with van der Waals surface area (Å²) < 4.78 is 2.31. The van der Waals surface area contributed by atoms with E-state index >= 15 is 0 Å². The number of nitrogens with zero attached hydrogens (tertiary/aromatic N) is 5. The van der Waals surface area contributed by atoms with Gasteiger partial charge < -0.3 is 19.3 Å². The molecular formula is C68H72N5Pt-3. The predicted molar refractivity (Wildman–Crippen MR) is 311 cm³/mol. The number of pyridine rings is 1. The fourth-order valence-corrected chi connectivity index (χ4v) is 10.2. The van der Waals surface area contributed by atoms with Gasteiger partial charge in [-0.2, -0.15) is 12.1 Å². The van der Waals surface area contributed by atoms with E-state index in [2.05, 4.69) is 294 Å². The Morgan fingerprint density at radius 3 is 1.62 bits per heavy atom. The van der Waals surface area contributed by atoms with Crippen LogP contribution in [-0.4, -0.2) is 16.6 Å². The molecule has 0 saturated carbocycles. The first kappa shape index (κ1) is 52.4. The van der Waals surface area contributed by atoms with Gasteiger partial charge in [-0.1, -0.05) is 193 Å². The molecule has 7 aromatic carbocycles. The number of rotatable bonds is 8. The third-order valence-corrected chi connectivity index (χ3v) is 15.2. The van der Waals surface area contributed by atoms with Gasteiger partial charge >= 0.3 is 0 Å². The van der Waals surface area contributed by atoms with Crippen molar-refractivity contribution in [3.8, 4) is 16.9 Å². The molecule has 0 fully saturated rings. The molecular weight excluding hydrogens is 1080 g/mol. The number of benzene rings is 7. The summed E-state index contributed by atoms with van der Waals surface area (Å²) in [4.78, 5) is 12.0. The molecule has 0 atom stereocenters. The third-order valence-electron chi connectivity index (χ3n) is 15.2. The minimum atomic E-state index is -0.315. The van der Waals surface area contributed by atoms with Crippen molar-refractivity contribution in [2.24, 2.45) is 0 Å². The standard InChI is InChI=1S/C68H72N5.Pt/c1-64(2,3)48-35-49(65(4,5)6)38-52(37-48)68(13,14)47-32-33-69-63(41-47)73-59-31-28-46(45-22-17-16-18-23-45)34-58(59)57-30-29-54(43-62(57)73)70(15)53-24-21-25-55(42-53)71-44-72(61-27-20-19-26-60(61)71)56-39-50(66(7,8)9)36-51(40-56)67(10,11)12;/h16-41,44H,1-15H3;/q-3;. The molecule has 6 heteroatoms. The van der Waals surface area contributed by atoms with E-state index in [1.807, 2.05) is 6.20 Å². The number of anilines is 6. The van der Waals surface area contributed by atoms with Crippen LogP contribution in [0.3, 0.4) is 0 Å². The molecule has 1 aliphatic heterocycles. The summed E-state index contributed by atoms with van der Waals surface area (Å²) in [6.07, 6.45) is 1.98. The largest absolute Gasteiger partial charge is 0.493 e. The van der Waals surface area contributed by atoms with Gasteiger partial charge in [0.15, 0.2) is 0 Å². The zero-order chi connectivity index (χ0) is 52.0. The van der Waals surface area contributed by atoms with Crippen molar-refractivity contribution in [1.29, 1.82) is 0 Å². The van der Waals surface area contributed by atoms with Crippen LogP contribution in [0.1, 0.15) is 130 Å². The van der Waals surface area contributed by atoms with Gasteiger partial charge in [0.2, 0.25) is 0 Å². The van der Waals surface area contributed by atoms with Crippen molar-refractivity contribution in [3.63, 3.8) is 0 Å². The predicted octanol–water partition coefficient (Wildman–Crippen LogP) is 18.1. The van der Waals surface area contributed by atoms with Crippen LogP contribution in [0.5, 0.6) is 0 Å². The Hall–Kier alpha value is -6.42. The first-order valence-electron chi connectivity index (χ1n) is 26.0. The van der Waals surface area contributed by atoms with Crippen LogP contribution in [0.15, 0.2) is 158 Å². The van der Waals surface area contributed by atoms with E-state index in [4.69, 9.17) is 4.98 Å². The molecule has 10 rings (SSSR count). The van der Waals surface area contributed by atoms with Gasteiger partial charge in [-0.05, 0) is 114 Å². The fraction of sp³-hybridized carbons (Fsp3) is 0.294. The minimum absolute atomic E-state index is 0. The van der Waals surface area contributed by atoms with E-state index in [-0.39, 0.29) is 48.1 Å². The van der Waals surface area contributed by atoms with Crippen LogP contribution >= 0.6 is 0 Å². The fourth-order valence-electron chi connectivity index (χ4n) is 10.2. The molecule has 74 heavy (non-hydrogen) atoms. The van der Waals surface area contributed by atoms with E-state index in [0.717, 1.165) is 61.7 Å². The van der Waals surface area contributed by atoms with Crippen LogP contribution < -0.4 is 14.7 Å². The maximum absolute atomic E-state index is 5.16. The molecule has 9 aromatic rings. The van der Waals surface area contributed by atoms with Crippen LogP contribution in [0.25, 0.3) is 38.8 Å². The Morgan fingerprint density at radius 1 is 0.459 bits per heavy atom. The molecule has 0 spiro atoms. The van der Waals surface area contributed by atoms with E-state index < -0.39 is 0 Å². The molecule has 0 N–H and O–H groups in total. The van der Waals surface area contributed by atoms with E-state index in [0.29, 0.717) is 0 Å². The summed E-state index contributed by atoms with van der Waals surface area (Å²) in [5.74, 6) is 0.862. The smallest absolute Gasteiger partial charge is 0.135 e. The number of fused-ring (bicyclic) bond motifs is 4. The average molecular weight is 1150 g/mol. The molecule has 1 aliphatic rings. The van der Waals surface area contributed by atoms with Gasteiger partial charge in [0.25, 0.3) is 0 Å². The Balaban J connectivity index is 0.00000672. The molecule has 3 heterocycles. The number of aromatic nitrogens is 2. The van der Waals surface area contributed by atoms with Gasteiger partial charge in [0.05, 0.1) is 0 Å². The molecule has 2 aromatic heterocycles. The maximum atomic E-state index is 5.16. The van der Waals surface area contributed by atoms with Crippen LogP contribution in [0.4, 0.5) is 34.1 Å². The van der Waals surface area contributed by atoms with Gasteiger partial charge in [0, 0.05) is 62.3 Å². The molecule has 0 radical (unpaired) electrons. The van der Waals surface area contributed by atoms with Gasteiger partial charge in [-0.25, -0.2) is 4.98 Å². The topological polar surface area (TPSA) is 27.5 Å². The van der Waals surface area contributed by atoms with E-state index in [1.165, 1.54) is 44.5 Å². The Labute approximate surface area is 456 Å². The van der Waals surface area contributed by atoms with Crippen molar-refractivity contribution in [2.75, 3.05) is 21.7 Å². The number of para-hydroxylation sites is 2. The summed E-state index contributed by atoms with van der Waals surface area (Å²) in [5, 5.41) is 2.28. The maximum Gasteiger partial charge on any atom is 0.135 e. The molecule has 0 aliphatic carbocycles. The summed E-state index contributed by atoms with van der Waals surface area (Å²) in [6, 6.07) is 63.6. The molecule has 0 bridgehead atoms. The monoisotopic (exact) mass is 1150 g/mol. The number of hydrogen-bond acceptors (Lipinski definition) is 4. The second-order valence-corrected chi connectivity index (χ2v) is 25.0. The molecule has 0 amide bonds. The van der Waals surface area contributed by atoms with Crippen molar-refractivity contribution >= 4 is 55.9 Å². The van der Waals surface area contributed by atoms with E-state index in [9.17, 15) is 0 Å². The Morgan fingerprint density at radius 2 is 1.01 bits per heavy atom. The van der Waals surface area contributed by atoms with Crippen molar-refractivity contribution in [3.05, 3.63) is 210 Å². The normalized spacial score (nSPS) is 13.4. The van der Waals surface area contributed by atoms with Crippen LogP contribution in [-0.2, 0) is 48.1 Å². The van der Waals surface area contributed by atoms with E-state index in [1.54, 1.807) is 0 Å². The van der Waals surface area contributed by atoms with Crippen LogP contribution in [0.2, 0.25) is 0 Å². The van der Waals surface area contributed by atoms with Crippen molar-refractivity contribution < 1.29 is 21.1 Å². The van der Waals surface area contributed by atoms with Crippen molar-refractivity contribution in [2.45, 2.75) is 124 Å². The summed E-state index contributed by atoms with van der Waals surface area (Å²) in [5.41, 5.74) is 18.2. The molecule has 5 nitrogen and oxygen atoms in total. The first-order chi connectivity index (χ1) is 34.4. The second-order valence-electron chi connectivity index (χ2n) is 25.0.